The maximum absolute atomic E-state index is 12.9. The van der Waals surface area contributed by atoms with Gasteiger partial charge in [-0.25, -0.2) is 9.97 Å². The summed E-state index contributed by atoms with van der Waals surface area (Å²) in [5.74, 6) is 0.340. The van der Waals surface area contributed by atoms with Gasteiger partial charge in [0, 0.05) is 18.0 Å². The maximum atomic E-state index is 12.9. The first kappa shape index (κ1) is 12.3. The molecule has 0 amide bonds. The molecule has 4 rings (SSSR count). The van der Waals surface area contributed by atoms with E-state index in [4.69, 9.17) is 4.74 Å². The van der Waals surface area contributed by atoms with Crippen molar-refractivity contribution in [1.29, 1.82) is 0 Å². The van der Waals surface area contributed by atoms with E-state index in [0.29, 0.717) is 0 Å². The molecule has 0 saturated heterocycles. The quantitative estimate of drug-likeness (QED) is 0.529. The highest BCUT2D eigenvalue weighted by atomic mass is 32.1. The molecule has 0 unspecified atom stereocenters. The van der Waals surface area contributed by atoms with Crippen LogP contribution in [0.3, 0.4) is 0 Å². The molecule has 3 aromatic heterocycles. The molecule has 0 bridgehead atoms. The van der Waals surface area contributed by atoms with E-state index < -0.39 is 5.95 Å². The summed E-state index contributed by atoms with van der Waals surface area (Å²) in [6.45, 7) is 0. The van der Waals surface area contributed by atoms with Crippen LogP contribution in [-0.4, -0.2) is 21.5 Å². The van der Waals surface area contributed by atoms with Crippen molar-refractivity contribution in [3.05, 3.63) is 48.7 Å². The van der Waals surface area contributed by atoms with Crippen molar-refractivity contribution in [2.75, 3.05) is 7.11 Å². The monoisotopic (exact) mass is 299 g/mol. The van der Waals surface area contributed by atoms with E-state index in [1.54, 1.807) is 24.5 Å². The zero-order valence-electron chi connectivity index (χ0n) is 11.1. The largest absolute Gasteiger partial charge is 0.497 e. The summed E-state index contributed by atoms with van der Waals surface area (Å²) in [5.41, 5.74) is 2.66. The lowest BCUT2D eigenvalue weighted by molar-refractivity contribution is 0.415. The lowest BCUT2D eigenvalue weighted by atomic mass is 10.2. The van der Waals surface area contributed by atoms with E-state index in [9.17, 15) is 4.39 Å². The lowest BCUT2D eigenvalue weighted by Crippen LogP contribution is -1.84. The number of nitrogens with zero attached hydrogens (tertiary/aromatic N) is 3. The van der Waals surface area contributed by atoms with Crippen LogP contribution < -0.4 is 4.74 Å². The Balaban J connectivity index is 1.88. The number of rotatable bonds is 2. The molecule has 0 radical (unpaired) electrons. The van der Waals surface area contributed by atoms with Gasteiger partial charge in [0.25, 0.3) is 0 Å². The first-order valence-electron chi connectivity index (χ1n) is 6.32. The second-order valence-corrected chi connectivity index (χ2v) is 5.59. The third kappa shape index (κ3) is 1.95. The SMILES string of the molecule is COc1ccc2c(c1)sc1nc(-c3ccc(F)nc3)cn12. The predicted octanol–water partition coefficient (Wildman–Crippen LogP) is 3.76. The van der Waals surface area contributed by atoms with Gasteiger partial charge >= 0.3 is 0 Å². The minimum atomic E-state index is -0.489. The van der Waals surface area contributed by atoms with Gasteiger partial charge in [-0.3, -0.25) is 4.40 Å². The molecule has 0 aliphatic rings. The Kier molecular flexibility index (Phi) is 2.65. The normalized spacial score (nSPS) is 11.3. The highest BCUT2D eigenvalue weighted by Crippen LogP contribution is 2.31. The number of imidazole rings is 1. The molecule has 0 saturated carbocycles. The van der Waals surface area contributed by atoms with Crippen molar-refractivity contribution in [2.24, 2.45) is 0 Å². The van der Waals surface area contributed by atoms with E-state index in [2.05, 4.69) is 9.97 Å². The average molecular weight is 299 g/mol. The molecule has 3 heterocycles. The molecule has 0 spiro atoms. The van der Waals surface area contributed by atoms with Gasteiger partial charge < -0.3 is 4.74 Å². The van der Waals surface area contributed by atoms with Crippen LogP contribution >= 0.6 is 11.3 Å². The van der Waals surface area contributed by atoms with Gasteiger partial charge in [0.05, 0.1) is 23.0 Å². The number of hydrogen-bond acceptors (Lipinski definition) is 4. The maximum Gasteiger partial charge on any atom is 0.212 e. The zero-order valence-corrected chi connectivity index (χ0v) is 11.9. The van der Waals surface area contributed by atoms with Crippen LogP contribution in [0.1, 0.15) is 0 Å². The van der Waals surface area contributed by atoms with Crippen molar-refractivity contribution in [1.82, 2.24) is 14.4 Å². The van der Waals surface area contributed by atoms with Crippen LogP contribution in [0.4, 0.5) is 4.39 Å². The molecule has 0 aliphatic carbocycles. The highest BCUT2D eigenvalue weighted by molar-refractivity contribution is 7.23. The Morgan fingerprint density at radius 2 is 2.14 bits per heavy atom. The fraction of sp³-hybridized carbons (Fsp3) is 0.0667. The molecule has 4 aromatic rings. The summed E-state index contributed by atoms with van der Waals surface area (Å²) in [5, 5.41) is 0. The number of methoxy groups -OCH3 is 1. The van der Waals surface area contributed by atoms with Gasteiger partial charge in [-0.15, -0.1) is 0 Å². The highest BCUT2D eigenvalue weighted by Gasteiger charge is 2.11. The van der Waals surface area contributed by atoms with Crippen molar-refractivity contribution in [3.63, 3.8) is 0 Å². The zero-order chi connectivity index (χ0) is 14.4. The van der Waals surface area contributed by atoms with E-state index in [1.165, 1.54) is 12.3 Å². The summed E-state index contributed by atoms with van der Waals surface area (Å²) < 4.78 is 21.3. The van der Waals surface area contributed by atoms with Crippen molar-refractivity contribution < 1.29 is 9.13 Å². The minimum Gasteiger partial charge on any atom is -0.497 e. The number of pyridine rings is 1. The first-order chi connectivity index (χ1) is 10.2. The van der Waals surface area contributed by atoms with Crippen LogP contribution in [0.15, 0.2) is 42.7 Å². The van der Waals surface area contributed by atoms with E-state index in [-0.39, 0.29) is 0 Å². The predicted molar refractivity (Wildman–Crippen MR) is 80.3 cm³/mol. The Bertz CT molecular complexity index is 943. The molecule has 104 valence electrons. The summed E-state index contributed by atoms with van der Waals surface area (Å²) in [6, 6.07) is 8.94. The average Bonchev–Trinajstić information content (AvgIpc) is 3.04. The Morgan fingerprint density at radius 1 is 1.24 bits per heavy atom. The Morgan fingerprint density at radius 3 is 2.90 bits per heavy atom. The van der Waals surface area contributed by atoms with Crippen LogP contribution in [0, 0.1) is 5.95 Å². The van der Waals surface area contributed by atoms with Crippen molar-refractivity contribution in [3.8, 4) is 17.0 Å². The van der Waals surface area contributed by atoms with Gasteiger partial charge in [0.15, 0.2) is 4.96 Å². The summed E-state index contributed by atoms with van der Waals surface area (Å²) in [7, 11) is 1.65. The fourth-order valence-corrected chi connectivity index (χ4v) is 3.31. The van der Waals surface area contributed by atoms with Gasteiger partial charge in [-0.2, -0.15) is 4.39 Å². The summed E-state index contributed by atoms with van der Waals surface area (Å²) >= 11 is 1.59. The van der Waals surface area contributed by atoms with E-state index in [1.807, 2.05) is 28.8 Å². The third-order valence-electron chi connectivity index (χ3n) is 3.32. The number of halogens is 1. The summed E-state index contributed by atoms with van der Waals surface area (Å²) in [6.07, 6.45) is 3.43. The number of hydrogen-bond donors (Lipinski definition) is 0. The van der Waals surface area contributed by atoms with Crippen LogP contribution in [0.2, 0.25) is 0 Å². The standard InChI is InChI=1S/C15H10FN3OS/c1-20-10-3-4-12-13(6-10)21-15-18-11(8-19(12)15)9-2-5-14(16)17-7-9/h2-8H,1H3. The van der Waals surface area contributed by atoms with E-state index >= 15 is 0 Å². The third-order valence-corrected chi connectivity index (χ3v) is 4.34. The number of fused-ring (bicyclic) bond motifs is 3. The molecular weight excluding hydrogens is 289 g/mol. The molecule has 6 heteroatoms. The van der Waals surface area contributed by atoms with Gasteiger partial charge in [-0.05, 0) is 30.3 Å². The van der Waals surface area contributed by atoms with Crippen LogP contribution in [0.5, 0.6) is 5.75 Å². The smallest absolute Gasteiger partial charge is 0.212 e. The van der Waals surface area contributed by atoms with Gasteiger partial charge in [-0.1, -0.05) is 11.3 Å². The number of aromatic nitrogens is 3. The van der Waals surface area contributed by atoms with E-state index in [0.717, 1.165) is 32.2 Å². The Labute approximate surface area is 123 Å². The lowest BCUT2D eigenvalue weighted by Gasteiger charge is -1.98. The second-order valence-electron chi connectivity index (χ2n) is 4.58. The van der Waals surface area contributed by atoms with Crippen molar-refractivity contribution in [2.45, 2.75) is 0 Å². The molecular formula is C15H10FN3OS. The number of thiazole rings is 1. The van der Waals surface area contributed by atoms with Crippen LogP contribution in [-0.2, 0) is 0 Å². The van der Waals surface area contributed by atoms with Gasteiger partial charge in [0.1, 0.15) is 5.75 Å². The molecule has 4 nitrogen and oxygen atoms in total. The number of benzene rings is 1. The molecule has 0 fully saturated rings. The molecule has 21 heavy (non-hydrogen) atoms. The Hall–Kier alpha value is -2.47. The molecule has 1 aromatic carbocycles. The molecule has 0 atom stereocenters. The topological polar surface area (TPSA) is 39.4 Å². The number of ether oxygens (including phenoxy) is 1. The van der Waals surface area contributed by atoms with Crippen LogP contribution in [0.25, 0.3) is 26.4 Å². The second kappa shape index (κ2) is 4.53. The molecule has 0 N–H and O–H groups in total. The minimum absolute atomic E-state index is 0.489. The van der Waals surface area contributed by atoms with Gasteiger partial charge in [0.2, 0.25) is 5.95 Å². The molecule has 0 aliphatic heterocycles. The first-order valence-corrected chi connectivity index (χ1v) is 7.14. The fourth-order valence-electron chi connectivity index (χ4n) is 2.27. The van der Waals surface area contributed by atoms with Crippen molar-refractivity contribution >= 4 is 26.5 Å². The summed E-state index contributed by atoms with van der Waals surface area (Å²) in [4.78, 5) is 9.14.